The molecule has 4 heteroatoms. The Morgan fingerprint density at radius 2 is 2.25 bits per heavy atom. The molecule has 0 aliphatic rings. The quantitative estimate of drug-likeness (QED) is 0.370. The molecular formula is C8H15N3O. The fourth-order valence-electron chi connectivity index (χ4n) is 0.667. The molecule has 0 fully saturated rings. The van der Waals surface area contributed by atoms with E-state index < -0.39 is 5.91 Å². The molecule has 0 radical (unpaired) electrons. The standard InChI is InChI=1S/C8H15N3O/c1-4-6(3)7(8(9)12)11-10-5-2/h5,11H,4H2,1-3H3,(H2,9,12)/b7-6+,10-5-. The van der Waals surface area contributed by atoms with Gasteiger partial charge < -0.3 is 5.73 Å². The number of hydrazone groups is 1. The third-order valence-corrected chi connectivity index (χ3v) is 1.51. The van der Waals surface area contributed by atoms with Gasteiger partial charge in [0.25, 0.3) is 5.91 Å². The minimum absolute atomic E-state index is 0.385. The molecule has 0 bridgehead atoms. The molecule has 0 rings (SSSR count). The van der Waals surface area contributed by atoms with Gasteiger partial charge in [0, 0.05) is 6.21 Å². The number of amides is 1. The van der Waals surface area contributed by atoms with Crippen LogP contribution in [0.2, 0.25) is 0 Å². The molecule has 0 unspecified atom stereocenters. The van der Waals surface area contributed by atoms with E-state index in [1.165, 1.54) is 0 Å². The molecule has 0 heterocycles. The molecule has 0 atom stereocenters. The van der Waals surface area contributed by atoms with Gasteiger partial charge in [-0.2, -0.15) is 5.10 Å². The van der Waals surface area contributed by atoms with Crippen molar-refractivity contribution in [3.63, 3.8) is 0 Å². The molecule has 0 aliphatic heterocycles. The molecule has 1 amide bonds. The number of hydrogen-bond donors (Lipinski definition) is 2. The summed E-state index contributed by atoms with van der Waals surface area (Å²) in [7, 11) is 0. The summed E-state index contributed by atoms with van der Waals surface area (Å²) in [5.41, 5.74) is 9.01. The van der Waals surface area contributed by atoms with Crippen LogP contribution in [0.25, 0.3) is 0 Å². The SMILES string of the molecule is C/C=N\N/C(C(N)=O)=C(\C)CC. The fourth-order valence-corrected chi connectivity index (χ4v) is 0.667. The van der Waals surface area contributed by atoms with Gasteiger partial charge in [0.2, 0.25) is 0 Å². The summed E-state index contributed by atoms with van der Waals surface area (Å²) in [6.07, 6.45) is 2.34. The van der Waals surface area contributed by atoms with Crippen molar-refractivity contribution < 1.29 is 4.79 Å². The fraction of sp³-hybridized carbons (Fsp3) is 0.500. The van der Waals surface area contributed by atoms with Crippen LogP contribution in [0.3, 0.4) is 0 Å². The summed E-state index contributed by atoms with van der Waals surface area (Å²) in [5, 5.41) is 3.73. The maximum absolute atomic E-state index is 10.8. The zero-order valence-electron chi connectivity index (χ0n) is 7.72. The van der Waals surface area contributed by atoms with Crippen LogP contribution in [0.1, 0.15) is 27.2 Å². The number of nitrogens with one attached hydrogen (secondary N) is 1. The number of carbonyl (C=O) groups excluding carboxylic acids is 1. The van der Waals surface area contributed by atoms with Gasteiger partial charge in [0.1, 0.15) is 5.70 Å². The molecule has 0 aromatic heterocycles. The zero-order valence-corrected chi connectivity index (χ0v) is 7.72. The summed E-state index contributed by atoms with van der Waals surface area (Å²) in [5.74, 6) is -0.472. The Bertz CT molecular complexity index is 218. The maximum Gasteiger partial charge on any atom is 0.266 e. The van der Waals surface area contributed by atoms with Gasteiger partial charge in [-0.05, 0) is 25.8 Å². The monoisotopic (exact) mass is 169 g/mol. The molecule has 3 N–H and O–H groups in total. The lowest BCUT2D eigenvalue weighted by molar-refractivity contribution is -0.115. The van der Waals surface area contributed by atoms with E-state index in [1.54, 1.807) is 13.1 Å². The van der Waals surface area contributed by atoms with Gasteiger partial charge in [-0.15, -0.1) is 0 Å². The second-order valence-electron chi connectivity index (χ2n) is 2.37. The smallest absolute Gasteiger partial charge is 0.266 e. The van der Waals surface area contributed by atoms with E-state index in [1.807, 2.05) is 13.8 Å². The zero-order chi connectivity index (χ0) is 9.56. The summed E-state index contributed by atoms with van der Waals surface area (Å²) < 4.78 is 0. The van der Waals surface area contributed by atoms with E-state index in [4.69, 9.17) is 5.73 Å². The number of nitrogens with zero attached hydrogens (tertiary/aromatic N) is 1. The lowest BCUT2D eigenvalue weighted by Crippen LogP contribution is -2.24. The van der Waals surface area contributed by atoms with Crippen molar-refractivity contribution in [3.05, 3.63) is 11.3 Å². The average Bonchev–Trinajstić information content (AvgIpc) is 2.04. The molecule has 0 spiro atoms. The van der Waals surface area contributed by atoms with E-state index in [2.05, 4.69) is 10.5 Å². The van der Waals surface area contributed by atoms with Crippen LogP contribution in [0, 0.1) is 0 Å². The van der Waals surface area contributed by atoms with Crippen molar-refractivity contribution in [1.82, 2.24) is 5.43 Å². The Morgan fingerprint density at radius 3 is 2.58 bits per heavy atom. The van der Waals surface area contributed by atoms with Crippen LogP contribution in [-0.4, -0.2) is 12.1 Å². The van der Waals surface area contributed by atoms with Crippen LogP contribution in [0.15, 0.2) is 16.4 Å². The molecule has 0 saturated carbocycles. The highest BCUT2D eigenvalue weighted by molar-refractivity contribution is 5.92. The highest BCUT2D eigenvalue weighted by Crippen LogP contribution is 2.03. The van der Waals surface area contributed by atoms with Crippen molar-refractivity contribution in [2.45, 2.75) is 27.2 Å². The van der Waals surface area contributed by atoms with Gasteiger partial charge in [0.05, 0.1) is 0 Å². The summed E-state index contributed by atoms with van der Waals surface area (Å²) in [6, 6.07) is 0. The van der Waals surface area contributed by atoms with E-state index in [-0.39, 0.29) is 0 Å². The topological polar surface area (TPSA) is 67.5 Å². The molecular weight excluding hydrogens is 154 g/mol. The molecule has 0 aliphatic carbocycles. The van der Waals surface area contributed by atoms with E-state index >= 15 is 0 Å². The Morgan fingerprint density at radius 1 is 1.67 bits per heavy atom. The van der Waals surface area contributed by atoms with Crippen LogP contribution in [-0.2, 0) is 4.79 Å². The first kappa shape index (κ1) is 10.7. The molecule has 4 nitrogen and oxygen atoms in total. The highest BCUT2D eigenvalue weighted by Gasteiger charge is 2.05. The number of hydrogen-bond acceptors (Lipinski definition) is 3. The van der Waals surface area contributed by atoms with Gasteiger partial charge in [0.15, 0.2) is 0 Å². The molecule has 68 valence electrons. The van der Waals surface area contributed by atoms with E-state index in [9.17, 15) is 4.79 Å². The normalized spacial score (nSPS) is 12.9. The van der Waals surface area contributed by atoms with E-state index in [0.717, 1.165) is 12.0 Å². The van der Waals surface area contributed by atoms with Crippen LogP contribution in [0.4, 0.5) is 0 Å². The second-order valence-corrected chi connectivity index (χ2v) is 2.37. The van der Waals surface area contributed by atoms with E-state index in [0.29, 0.717) is 5.70 Å². The van der Waals surface area contributed by atoms with Crippen molar-refractivity contribution in [3.8, 4) is 0 Å². The highest BCUT2D eigenvalue weighted by atomic mass is 16.1. The van der Waals surface area contributed by atoms with Crippen LogP contribution >= 0.6 is 0 Å². The summed E-state index contributed by atoms with van der Waals surface area (Å²) in [6.45, 7) is 5.56. The second kappa shape index (κ2) is 5.35. The number of nitrogens with two attached hydrogens (primary N) is 1. The maximum atomic E-state index is 10.8. The first-order valence-corrected chi connectivity index (χ1v) is 3.86. The number of allylic oxidation sites excluding steroid dienone is 1. The Kier molecular flexibility index (Phi) is 4.76. The predicted octanol–water partition coefficient (Wildman–Crippen LogP) is 0.751. The number of primary amides is 1. The van der Waals surface area contributed by atoms with Crippen molar-refractivity contribution in [2.75, 3.05) is 0 Å². The van der Waals surface area contributed by atoms with Crippen LogP contribution < -0.4 is 11.2 Å². The Hall–Kier alpha value is -1.32. The predicted molar refractivity (Wildman–Crippen MR) is 49.5 cm³/mol. The largest absolute Gasteiger partial charge is 0.364 e. The van der Waals surface area contributed by atoms with Gasteiger partial charge in [-0.3, -0.25) is 10.2 Å². The van der Waals surface area contributed by atoms with Gasteiger partial charge in [-0.1, -0.05) is 6.92 Å². The minimum atomic E-state index is -0.472. The molecule has 0 saturated heterocycles. The minimum Gasteiger partial charge on any atom is -0.364 e. The average molecular weight is 169 g/mol. The molecule has 0 aromatic rings. The lowest BCUT2D eigenvalue weighted by Gasteiger charge is -2.05. The van der Waals surface area contributed by atoms with Crippen molar-refractivity contribution in [1.29, 1.82) is 0 Å². The Balaban J connectivity index is 4.54. The lowest BCUT2D eigenvalue weighted by atomic mass is 10.2. The van der Waals surface area contributed by atoms with Gasteiger partial charge in [-0.25, -0.2) is 0 Å². The number of rotatable bonds is 4. The third kappa shape index (κ3) is 3.18. The van der Waals surface area contributed by atoms with Gasteiger partial charge >= 0.3 is 0 Å². The van der Waals surface area contributed by atoms with Crippen molar-refractivity contribution >= 4 is 12.1 Å². The molecule has 12 heavy (non-hydrogen) atoms. The Labute approximate surface area is 72.5 Å². The van der Waals surface area contributed by atoms with Crippen LogP contribution in [0.5, 0.6) is 0 Å². The number of carbonyl (C=O) groups is 1. The first-order chi connectivity index (χ1) is 5.63. The first-order valence-electron chi connectivity index (χ1n) is 3.86. The van der Waals surface area contributed by atoms with Crippen molar-refractivity contribution in [2.24, 2.45) is 10.8 Å². The molecule has 0 aromatic carbocycles. The third-order valence-electron chi connectivity index (χ3n) is 1.51. The summed E-state index contributed by atoms with van der Waals surface area (Å²) in [4.78, 5) is 10.8. The summed E-state index contributed by atoms with van der Waals surface area (Å²) >= 11 is 0.